The Hall–Kier alpha value is -0.900. The van der Waals surface area contributed by atoms with Gasteiger partial charge in [0, 0.05) is 13.0 Å². The van der Waals surface area contributed by atoms with E-state index in [9.17, 15) is 28.5 Å². The molecule has 1 aliphatic heterocycles. The SMILES string of the molecule is CCCCCCCCCCOCC(COC1OC(CO)C(O)C(OS(=O)(=O)O)C1O)OC(=O)CCCCCCC. The van der Waals surface area contributed by atoms with Crippen LogP contribution in [0.5, 0.6) is 0 Å². The van der Waals surface area contributed by atoms with Gasteiger partial charge in [-0.2, -0.15) is 8.42 Å². The predicted octanol–water partition coefficient (Wildman–Crippen LogP) is 3.06. The second kappa shape index (κ2) is 21.8. The Morgan fingerprint density at radius 2 is 1.43 bits per heavy atom. The van der Waals surface area contributed by atoms with Crippen LogP contribution in [0.3, 0.4) is 0 Å². The van der Waals surface area contributed by atoms with Crippen LogP contribution in [-0.2, 0) is 38.3 Å². The third kappa shape index (κ3) is 16.5. The molecule has 0 radical (unpaired) electrons. The maximum Gasteiger partial charge on any atom is 0.397 e. The van der Waals surface area contributed by atoms with Gasteiger partial charge < -0.3 is 34.3 Å². The first-order chi connectivity index (χ1) is 19.1. The number of rotatable bonds is 24. The van der Waals surface area contributed by atoms with Gasteiger partial charge in [-0.15, -0.1) is 0 Å². The fourth-order valence-corrected chi connectivity index (χ4v) is 4.94. The molecular weight excluding hydrogens is 548 g/mol. The minimum atomic E-state index is -5.04. The van der Waals surface area contributed by atoms with Crippen molar-refractivity contribution in [1.29, 1.82) is 0 Å². The molecule has 0 amide bonds. The number of aliphatic hydroxyl groups is 3. The van der Waals surface area contributed by atoms with Crippen molar-refractivity contribution >= 4 is 16.4 Å². The lowest BCUT2D eigenvalue weighted by atomic mass is 9.99. The van der Waals surface area contributed by atoms with Crippen LogP contribution in [0, 0.1) is 0 Å². The maximum atomic E-state index is 12.4. The molecule has 6 atom stereocenters. The van der Waals surface area contributed by atoms with Crippen molar-refractivity contribution in [2.75, 3.05) is 26.4 Å². The molecule has 0 aromatic carbocycles. The topological polar surface area (TPSA) is 178 Å². The summed E-state index contributed by atoms with van der Waals surface area (Å²) in [7, 11) is -5.04. The van der Waals surface area contributed by atoms with Gasteiger partial charge in [-0.05, 0) is 12.8 Å². The Morgan fingerprint density at radius 1 is 0.850 bits per heavy atom. The molecule has 0 aliphatic carbocycles. The summed E-state index contributed by atoms with van der Waals surface area (Å²) in [5, 5.41) is 30.2. The molecule has 1 rings (SSSR count). The minimum Gasteiger partial charge on any atom is -0.457 e. The average molecular weight is 601 g/mol. The zero-order chi connectivity index (χ0) is 29.8. The molecule has 0 saturated carbocycles. The van der Waals surface area contributed by atoms with Crippen LogP contribution in [0.15, 0.2) is 0 Å². The van der Waals surface area contributed by atoms with E-state index in [1.165, 1.54) is 32.1 Å². The fourth-order valence-electron chi connectivity index (χ4n) is 4.43. The van der Waals surface area contributed by atoms with Crippen molar-refractivity contribution in [1.82, 2.24) is 0 Å². The van der Waals surface area contributed by atoms with Gasteiger partial charge in [0.15, 0.2) is 6.29 Å². The highest BCUT2D eigenvalue weighted by Crippen LogP contribution is 2.26. The molecule has 40 heavy (non-hydrogen) atoms. The van der Waals surface area contributed by atoms with Crippen LogP contribution in [0.25, 0.3) is 0 Å². The lowest BCUT2D eigenvalue weighted by Crippen LogP contribution is -2.60. The normalized spacial score (nSPS) is 24.2. The van der Waals surface area contributed by atoms with Crippen molar-refractivity contribution in [3.05, 3.63) is 0 Å². The van der Waals surface area contributed by atoms with Gasteiger partial charge in [0.05, 0.1) is 19.8 Å². The number of unbranched alkanes of at least 4 members (excludes halogenated alkanes) is 11. The van der Waals surface area contributed by atoms with Crippen molar-refractivity contribution in [2.24, 2.45) is 0 Å². The molecule has 238 valence electrons. The van der Waals surface area contributed by atoms with Crippen LogP contribution in [-0.4, -0.2) is 97.5 Å². The van der Waals surface area contributed by atoms with Crippen molar-refractivity contribution in [2.45, 2.75) is 141 Å². The van der Waals surface area contributed by atoms with Crippen molar-refractivity contribution in [3.8, 4) is 0 Å². The van der Waals surface area contributed by atoms with Gasteiger partial charge in [0.2, 0.25) is 0 Å². The summed E-state index contributed by atoms with van der Waals surface area (Å²) in [5.41, 5.74) is 0. The third-order valence-electron chi connectivity index (χ3n) is 6.73. The Bertz CT molecular complexity index is 750. The Balaban J connectivity index is 2.63. The monoisotopic (exact) mass is 600 g/mol. The van der Waals surface area contributed by atoms with Gasteiger partial charge >= 0.3 is 16.4 Å². The van der Waals surface area contributed by atoms with Crippen LogP contribution in [0.4, 0.5) is 0 Å². The van der Waals surface area contributed by atoms with E-state index in [4.69, 9.17) is 23.5 Å². The minimum absolute atomic E-state index is 0.0396. The molecule has 1 aliphatic rings. The van der Waals surface area contributed by atoms with E-state index in [0.29, 0.717) is 13.0 Å². The molecular formula is C27H52O12S. The fraction of sp³-hybridized carbons (Fsp3) is 0.963. The van der Waals surface area contributed by atoms with Gasteiger partial charge in [-0.25, -0.2) is 4.18 Å². The molecule has 4 N–H and O–H groups in total. The second-order valence-corrected chi connectivity index (χ2v) is 11.4. The largest absolute Gasteiger partial charge is 0.457 e. The summed E-state index contributed by atoms with van der Waals surface area (Å²) in [6, 6.07) is 0. The second-order valence-electron chi connectivity index (χ2n) is 10.4. The van der Waals surface area contributed by atoms with Crippen molar-refractivity contribution in [3.63, 3.8) is 0 Å². The molecule has 12 nitrogen and oxygen atoms in total. The number of aliphatic hydroxyl groups excluding tert-OH is 3. The molecule has 0 spiro atoms. The molecule has 6 unspecified atom stereocenters. The van der Waals surface area contributed by atoms with Crippen LogP contribution in [0.2, 0.25) is 0 Å². The third-order valence-corrected chi connectivity index (χ3v) is 7.19. The first-order valence-corrected chi connectivity index (χ1v) is 16.2. The highest BCUT2D eigenvalue weighted by molar-refractivity contribution is 7.80. The lowest BCUT2D eigenvalue weighted by molar-refractivity contribution is -0.301. The van der Waals surface area contributed by atoms with Crippen LogP contribution < -0.4 is 0 Å². The molecule has 1 heterocycles. The van der Waals surface area contributed by atoms with E-state index in [2.05, 4.69) is 18.0 Å². The predicted molar refractivity (Wildman–Crippen MR) is 147 cm³/mol. The van der Waals surface area contributed by atoms with Gasteiger partial charge in [-0.1, -0.05) is 84.5 Å². The Kier molecular flexibility index (Phi) is 20.2. The van der Waals surface area contributed by atoms with E-state index in [-0.39, 0.29) is 19.6 Å². The maximum absolute atomic E-state index is 12.4. The highest BCUT2D eigenvalue weighted by Gasteiger charge is 2.48. The zero-order valence-electron chi connectivity index (χ0n) is 24.2. The van der Waals surface area contributed by atoms with E-state index >= 15 is 0 Å². The Labute approximate surface area is 239 Å². The Morgan fingerprint density at radius 3 is 2.00 bits per heavy atom. The van der Waals surface area contributed by atoms with E-state index in [1.807, 2.05) is 0 Å². The van der Waals surface area contributed by atoms with Gasteiger partial charge in [0.1, 0.15) is 30.5 Å². The first kappa shape index (κ1) is 37.1. The number of esters is 1. The molecule has 13 heteroatoms. The van der Waals surface area contributed by atoms with Gasteiger partial charge in [-0.3, -0.25) is 9.35 Å². The van der Waals surface area contributed by atoms with Crippen LogP contribution in [0.1, 0.15) is 104 Å². The summed E-state index contributed by atoms with van der Waals surface area (Å²) in [6.07, 6.45) is 5.11. The summed E-state index contributed by atoms with van der Waals surface area (Å²) >= 11 is 0. The lowest BCUT2D eigenvalue weighted by Gasteiger charge is -2.41. The highest BCUT2D eigenvalue weighted by atomic mass is 32.3. The molecule has 0 aromatic rings. The van der Waals surface area contributed by atoms with E-state index in [0.717, 1.165) is 44.9 Å². The number of hydrogen-bond acceptors (Lipinski definition) is 11. The first-order valence-electron chi connectivity index (χ1n) is 14.8. The van der Waals surface area contributed by atoms with E-state index < -0.39 is 59.8 Å². The quantitative estimate of drug-likeness (QED) is 0.0724. The summed E-state index contributed by atoms with van der Waals surface area (Å²) < 4.78 is 58.0. The van der Waals surface area contributed by atoms with Gasteiger partial charge in [0.25, 0.3) is 0 Å². The number of carbonyl (C=O) groups excluding carboxylic acids is 1. The summed E-state index contributed by atoms with van der Waals surface area (Å²) in [6.45, 7) is 3.81. The number of ether oxygens (including phenoxy) is 4. The number of hydrogen-bond donors (Lipinski definition) is 4. The smallest absolute Gasteiger partial charge is 0.397 e. The molecule has 0 aromatic heterocycles. The standard InChI is InChI=1S/C27H52O12S/c1-3-5-7-9-10-11-13-15-17-35-19-21(37-23(29)16-14-12-8-6-4-2)20-36-27-25(31)26(39-40(32,33)34)24(30)22(18-28)38-27/h21-22,24-28,30-31H,3-20H2,1-2H3,(H,32,33,34). The van der Waals surface area contributed by atoms with E-state index in [1.54, 1.807) is 0 Å². The molecule has 1 fully saturated rings. The number of carbonyl (C=O) groups is 1. The van der Waals surface area contributed by atoms with Crippen molar-refractivity contribution < 1.29 is 56.2 Å². The molecule has 1 saturated heterocycles. The summed E-state index contributed by atoms with van der Waals surface area (Å²) in [4.78, 5) is 12.4. The summed E-state index contributed by atoms with van der Waals surface area (Å²) in [5.74, 6) is -0.415. The zero-order valence-corrected chi connectivity index (χ0v) is 25.0. The average Bonchev–Trinajstić information content (AvgIpc) is 2.90. The molecule has 0 bridgehead atoms. The van der Waals surface area contributed by atoms with Crippen LogP contribution >= 0.6 is 0 Å².